The quantitative estimate of drug-likeness (QED) is 0.173. The molecule has 2 N–H and O–H groups in total. The Bertz CT molecular complexity index is 1870. The maximum absolute atomic E-state index is 12.6. The molecule has 6 rings (SSSR count). The fraction of sp³-hybridized carbons (Fsp3) is 0.240. The lowest BCUT2D eigenvalue weighted by Gasteiger charge is -2.47. The van der Waals surface area contributed by atoms with E-state index in [-0.39, 0.29) is 16.7 Å². The number of aryl methyl sites for hydroxylation is 1. The Morgan fingerprint density at radius 1 is 1.08 bits per heavy atom. The van der Waals surface area contributed by atoms with Gasteiger partial charge >= 0.3 is 10.1 Å². The summed E-state index contributed by atoms with van der Waals surface area (Å²) >= 11 is 9.25. The summed E-state index contributed by atoms with van der Waals surface area (Å²) in [6, 6.07) is 17.3. The van der Waals surface area contributed by atoms with E-state index in [0.29, 0.717) is 24.5 Å². The van der Waals surface area contributed by atoms with Crippen molar-refractivity contribution < 1.29 is 30.5 Å². The molecule has 1 fully saturated rings. The van der Waals surface area contributed by atoms with Gasteiger partial charge in [0.15, 0.2) is 17.3 Å². The average molecular weight is 611 g/mol. The highest BCUT2D eigenvalue weighted by atomic mass is 35.5. The first-order chi connectivity index (χ1) is 18.0. The zero-order chi connectivity index (χ0) is 26.9. The van der Waals surface area contributed by atoms with Crippen molar-refractivity contribution in [2.24, 2.45) is 0 Å². The molecule has 2 aliphatic heterocycles. The predicted octanol–water partition coefficient (Wildman–Crippen LogP) is 5.30. The highest BCUT2D eigenvalue weighted by molar-refractivity contribution is 8.03. The standard InChI is InChI=1S/C25H21ClN2O6S4/c26-17-7-9-20-19(14-17)27(11-3-13-37(29,30)31)22(35-20)15-23-28(12-10-24(28)38(32,33)34)25-18-5-2-1-4-16(18)6-8-21(25)36-23/h1-2,4-9,14-15,24H,3,10-13H2/p+2. The van der Waals surface area contributed by atoms with E-state index >= 15 is 0 Å². The normalized spacial score (nSPS) is 22.4. The zero-order valence-corrected chi connectivity index (χ0v) is 23.8. The summed E-state index contributed by atoms with van der Waals surface area (Å²) < 4.78 is 70.3. The second-order valence-electron chi connectivity index (χ2n) is 9.41. The molecule has 2 unspecified atom stereocenters. The Labute approximate surface area is 233 Å². The maximum Gasteiger partial charge on any atom is 0.320 e. The van der Waals surface area contributed by atoms with Crippen molar-refractivity contribution in [3.05, 3.63) is 69.7 Å². The molecule has 198 valence electrons. The van der Waals surface area contributed by atoms with E-state index in [2.05, 4.69) is 0 Å². The smallest absolute Gasteiger partial charge is 0.286 e. The molecule has 1 spiro atoms. The maximum atomic E-state index is 12.6. The second kappa shape index (κ2) is 9.27. The van der Waals surface area contributed by atoms with E-state index in [0.717, 1.165) is 41.6 Å². The first-order valence-electron chi connectivity index (χ1n) is 11.8. The summed E-state index contributed by atoms with van der Waals surface area (Å²) in [7, 11) is -8.48. The Kier molecular flexibility index (Phi) is 6.39. The van der Waals surface area contributed by atoms with Crippen LogP contribution in [0.5, 0.6) is 0 Å². The van der Waals surface area contributed by atoms with Gasteiger partial charge in [0.1, 0.15) is 4.70 Å². The third-order valence-electron chi connectivity index (χ3n) is 7.16. The zero-order valence-electron chi connectivity index (χ0n) is 19.8. The lowest BCUT2D eigenvalue weighted by Crippen LogP contribution is -2.66. The van der Waals surface area contributed by atoms with Gasteiger partial charge in [0.2, 0.25) is 10.9 Å². The molecule has 1 saturated heterocycles. The largest absolute Gasteiger partial charge is 0.320 e. The molecule has 0 bridgehead atoms. The van der Waals surface area contributed by atoms with Gasteiger partial charge in [-0.1, -0.05) is 47.2 Å². The number of aromatic nitrogens is 1. The van der Waals surface area contributed by atoms with Gasteiger partial charge in [-0.25, -0.2) is 4.48 Å². The Morgan fingerprint density at radius 2 is 1.87 bits per heavy atom. The van der Waals surface area contributed by atoms with E-state index in [1.807, 2.05) is 59.2 Å². The van der Waals surface area contributed by atoms with Gasteiger partial charge in [-0.3, -0.25) is 9.11 Å². The molecular formula is C25H23ClN2O6S4+2. The van der Waals surface area contributed by atoms with Crippen molar-refractivity contribution in [2.75, 3.05) is 12.3 Å². The number of thioether (sulfide) groups is 1. The lowest BCUT2D eigenvalue weighted by molar-refractivity contribution is -0.668. The molecule has 2 aliphatic rings. The number of fused-ring (bicyclic) bond motifs is 5. The minimum absolute atomic E-state index is 0.0141. The van der Waals surface area contributed by atoms with Gasteiger partial charge in [-0.15, -0.1) is 0 Å². The van der Waals surface area contributed by atoms with Crippen LogP contribution in [0, 0.1) is 0 Å². The van der Waals surface area contributed by atoms with Crippen LogP contribution in [0.1, 0.15) is 17.8 Å². The molecule has 0 saturated carbocycles. The van der Waals surface area contributed by atoms with E-state index in [1.54, 1.807) is 6.07 Å². The van der Waals surface area contributed by atoms with Crippen LogP contribution in [-0.4, -0.2) is 43.6 Å². The molecule has 8 nitrogen and oxygen atoms in total. The van der Waals surface area contributed by atoms with Gasteiger partial charge in [-0.05, 0) is 41.4 Å². The highest BCUT2D eigenvalue weighted by Gasteiger charge is 2.62. The van der Waals surface area contributed by atoms with Crippen molar-refractivity contribution in [3.8, 4) is 0 Å². The second-order valence-corrected chi connectivity index (χ2v) is 15.1. The third-order valence-corrected chi connectivity index (χ3v) is 11.8. The van der Waals surface area contributed by atoms with Crippen LogP contribution >= 0.6 is 34.7 Å². The topological polar surface area (TPSA) is 113 Å². The fourth-order valence-corrected chi connectivity index (χ4v) is 9.94. The number of benzene rings is 3. The monoisotopic (exact) mass is 610 g/mol. The van der Waals surface area contributed by atoms with E-state index < -0.39 is 25.6 Å². The molecule has 0 radical (unpaired) electrons. The van der Waals surface area contributed by atoms with Crippen LogP contribution in [0.3, 0.4) is 0 Å². The number of rotatable bonds is 6. The molecule has 3 aromatic carbocycles. The predicted molar refractivity (Wildman–Crippen MR) is 152 cm³/mol. The minimum Gasteiger partial charge on any atom is -0.286 e. The summed E-state index contributed by atoms with van der Waals surface area (Å²) in [4.78, 5) is 0.936. The molecule has 2 atom stereocenters. The fourth-order valence-electron chi connectivity index (χ4n) is 5.48. The molecule has 4 aromatic rings. The van der Waals surface area contributed by atoms with Crippen LogP contribution in [0.15, 0.2) is 64.5 Å². The number of hydrogen-bond donors (Lipinski definition) is 2. The Balaban J connectivity index is 1.55. The van der Waals surface area contributed by atoms with Gasteiger partial charge in [0, 0.05) is 22.9 Å². The van der Waals surface area contributed by atoms with Crippen LogP contribution in [0.25, 0.3) is 27.1 Å². The summed E-state index contributed by atoms with van der Waals surface area (Å²) in [5, 5.41) is 3.00. The summed E-state index contributed by atoms with van der Waals surface area (Å²) in [6.45, 7) is 0.825. The molecule has 38 heavy (non-hydrogen) atoms. The highest BCUT2D eigenvalue weighted by Crippen LogP contribution is 2.60. The van der Waals surface area contributed by atoms with Gasteiger partial charge < -0.3 is 0 Å². The van der Waals surface area contributed by atoms with Gasteiger partial charge in [0.05, 0.1) is 29.7 Å². The van der Waals surface area contributed by atoms with Crippen molar-refractivity contribution in [1.82, 2.24) is 4.48 Å². The first kappa shape index (κ1) is 26.2. The molecule has 1 aromatic heterocycles. The number of hydrogen-bond acceptors (Lipinski definition) is 6. The summed E-state index contributed by atoms with van der Waals surface area (Å²) in [6.07, 6.45) is 2.46. The van der Waals surface area contributed by atoms with Crippen LogP contribution in [0.2, 0.25) is 5.02 Å². The average Bonchev–Trinajstić information content (AvgIpc) is 3.33. The van der Waals surface area contributed by atoms with Gasteiger partial charge in [0.25, 0.3) is 15.1 Å². The van der Waals surface area contributed by atoms with Crippen LogP contribution in [-0.2, 0) is 26.8 Å². The van der Waals surface area contributed by atoms with Crippen molar-refractivity contribution in [1.29, 1.82) is 0 Å². The van der Waals surface area contributed by atoms with E-state index in [9.17, 15) is 25.9 Å². The number of halogens is 1. The number of thiazole rings is 1. The van der Waals surface area contributed by atoms with E-state index in [1.165, 1.54) is 23.1 Å². The minimum atomic E-state index is -4.36. The lowest BCUT2D eigenvalue weighted by atomic mass is 10.0. The Morgan fingerprint density at radius 3 is 2.58 bits per heavy atom. The Hall–Kier alpha value is -2.03. The number of nitrogens with zero attached hydrogens (tertiary/aromatic N) is 2. The molecule has 13 heteroatoms. The molecule has 3 heterocycles. The molecule has 0 aliphatic carbocycles. The van der Waals surface area contributed by atoms with E-state index in [4.69, 9.17) is 11.6 Å². The SMILES string of the molecule is O=S(=O)(O)CCC[n+]1c(C=C2Sc3ccc4ccccc4c3[N+]23CCC3S(=O)(=O)O)sc2ccc(Cl)cc21. The van der Waals surface area contributed by atoms with Crippen molar-refractivity contribution in [3.63, 3.8) is 0 Å². The van der Waals surface area contributed by atoms with Crippen LogP contribution in [0.4, 0.5) is 5.69 Å². The van der Waals surface area contributed by atoms with Crippen LogP contribution < -0.4 is 9.05 Å². The third kappa shape index (κ3) is 4.37. The number of quaternary nitrogens is 1. The van der Waals surface area contributed by atoms with Crippen molar-refractivity contribution in [2.45, 2.75) is 29.7 Å². The summed E-state index contributed by atoms with van der Waals surface area (Å²) in [5.74, 6) is -0.384. The van der Waals surface area contributed by atoms with Crippen molar-refractivity contribution >= 4 is 87.7 Å². The molecular weight excluding hydrogens is 588 g/mol. The first-order valence-corrected chi connectivity index (χ1v) is 16.9. The summed E-state index contributed by atoms with van der Waals surface area (Å²) in [5.41, 5.74) is 1.69. The van der Waals surface area contributed by atoms with Gasteiger partial charge in [-0.2, -0.15) is 21.4 Å². The molecule has 0 amide bonds.